The first-order valence-electron chi connectivity index (χ1n) is 10.9. The van der Waals surface area contributed by atoms with Gasteiger partial charge in [-0.15, -0.1) is 0 Å². The summed E-state index contributed by atoms with van der Waals surface area (Å²) in [4.78, 5) is 0. The molecule has 0 aromatic rings. The summed E-state index contributed by atoms with van der Waals surface area (Å²) in [5.74, 6) is -0.515. The molecule has 1 aliphatic heterocycles. The Morgan fingerprint density at radius 2 is 1.52 bits per heavy atom. The highest BCUT2D eigenvalue weighted by Crippen LogP contribution is 2.29. The summed E-state index contributed by atoms with van der Waals surface area (Å²) < 4.78 is 55.7. The number of hydrogen-bond donors (Lipinski definition) is 1. The van der Waals surface area contributed by atoms with Crippen LogP contribution in [0.4, 0.5) is 0 Å². The van der Waals surface area contributed by atoms with E-state index in [0.29, 0.717) is 26.4 Å². The average molecular weight is 441 g/mol. The number of hydrogen-bond acceptors (Lipinski definition) is 7. The summed E-state index contributed by atoms with van der Waals surface area (Å²) in [5.41, 5.74) is 0. The van der Waals surface area contributed by atoms with Crippen LogP contribution in [-0.4, -0.2) is 64.5 Å². The molecule has 1 fully saturated rings. The predicted octanol–water partition coefficient (Wildman–Crippen LogP) is 3.89. The van der Waals surface area contributed by atoms with Crippen molar-refractivity contribution < 1.29 is 36.1 Å². The van der Waals surface area contributed by atoms with Crippen molar-refractivity contribution in [2.75, 3.05) is 39.6 Å². The Morgan fingerprint density at radius 1 is 0.931 bits per heavy atom. The van der Waals surface area contributed by atoms with E-state index in [4.69, 9.17) is 23.5 Å². The van der Waals surface area contributed by atoms with Gasteiger partial charge >= 0.3 is 10.4 Å². The lowest BCUT2D eigenvalue weighted by atomic mass is 10.0. The molecule has 9 heteroatoms. The van der Waals surface area contributed by atoms with Gasteiger partial charge in [-0.1, -0.05) is 58.3 Å². The third-order valence-electron chi connectivity index (χ3n) is 4.86. The zero-order chi connectivity index (χ0) is 21.4. The molecule has 1 saturated heterocycles. The van der Waals surface area contributed by atoms with Gasteiger partial charge in [0.2, 0.25) is 0 Å². The SMILES string of the molecule is CCCCCCCCCCCC1(C)OCC(COCCOCCOS(=O)(=O)O)O1. The highest BCUT2D eigenvalue weighted by atomic mass is 32.3. The normalized spacial score (nSPS) is 22.4. The van der Waals surface area contributed by atoms with Crippen LogP contribution in [0.5, 0.6) is 0 Å². The van der Waals surface area contributed by atoms with Crippen molar-refractivity contribution in [1.82, 2.24) is 0 Å². The van der Waals surface area contributed by atoms with Crippen LogP contribution in [0.25, 0.3) is 0 Å². The summed E-state index contributed by atoms with van der Waals surface area (Å²) >= 11 is 0. The van der Waals surface area contributed by atoms with Gasteiger partial charge < -0.3 is 18.9 Å². The first-order chi connectivity index (χ1) is 13.8. The van der Waals surface area contributed by atoms with Gasteiger partial charge in [0, 0.05) is 6.42 Å². The second-order valence-electron chi connectivity index (χ2n) is 7.70. The van der Waals surface area contributed by atoms with Gasteiger partial charge in [-0.25, -0.2) is 4.18 Å². The second kappa shape index (κ2) is 15.5. The molecule has 2 atom stereocenters. The highest BCUT2D eigenvalue weighted by Gasteiger charge is 2.36. The maximum Gasteiger partial charge on any atom is 0.397 e. The molecule has 0 aromatic carbocycles. The third kappa shape index (κ3) is 15.2. The molecule has 0 aliphatic carbocycles. The third-order valence-corrected chi connectivity index (χ3v) is 5.33. The molecule has 1 N–H and O–H groups in total. The largest absolute Gasteiger partial charge is 0.397 e. The number of rotatable bonds is 19. The maximum atomic E-state index is 10.3. The van der Waals surface area contributed by atoms with E-state index in [1.165, 1.54) is 51.4 Å². The van der Waals surface area contributed by atoms with Gasteiger partial charge in [0.15, 0.2) is 5.79 Å². The van der Waals surface area contributed by atoms with E-state index in [9.17, 15) is 8.42 Å². The average Bonchev–Trinajstić information content (AvgIpc) is 3.03. The zero-order valence-corrected chi connectivity index (χ0v) is 18.9. The maximum absolute atomic E-state index is 10.3. The Labute approximate surface area is 176 Å². The van der Waals surface area contributed by atoms with E-state index in [1.54, 1.807) is 0 Å². The molecule has 0 spiro atoms. The van der Waals surface area contributed by atoms with Crippen molar-refractivity contribution in [3.8, 4) is 0 Å². The molecule has 0 amide bonds. The Balaban J connectivity index is 1.94. The highest BCUT2D eigenvalue weighted by molar-refractivity contribution is 7.80. The van der Waals surface area contributed by atoms with Gasteiger partial charge in [-0.3, -0.25) is 4.55 Å². The second-order valence-corrected chi connectivity index (χ2v) is 8.79. The molecule has 0 bridgehead atoms. The fourth-order valence-corrected chi connectivity index (χ4v) is 3.57. The van der Waals surface area contributed by atoms with E-state index in [2.05, 4.69) is 11.1 Å². The molecular weight excluding hydrogens is 400 g/mol. The number of unbranched alkanes of at least 4 members (excludes halogenated alkanes) is 8. The lowest BCUT2D eigenvalue weighted by molar-refractivity contribution is -0.165. The van der Waals surface area contributed by atoms with Crippen LogP contribution >= 0.6 is 0 Å². The van der Waals surface area contributed by atoms with Crippen LogP contribution in [0.3, 0.4) is 0 Å². The molecular formula is C20H40O8S. The van der Waals surface area contributed by atoms with Crippen molar-refractivity contribution in [1.29, 1.82) is 0 Å². The van der Waals surface area contributed by atoms with Crippen LogP contribution in [0, 0.1) is 0 Å². The predicted molar refractivity (Wildman–Crippen MR) is 110 cm³/mol. The standard InChI is InChI=1S/C20H40O8S/c1-3-4-5-6-7-8-9-10-11-12-20(2)26-18-19(28-20)17-25-14-13-24-15-16-27-29(21,22)23/h19H,3-18H2,1-2H3,(H,21,22,23). The van der Waals surface area contributed by atoms with Crippen LogP contribution in [0.1, 0.15) is 78.1 Å². The van der Waals surface area contributed by atoms with Gasteiger partial charge in [-0.2, -0.15) is 8.42 Å². The van der Waals surface area contributed by atoms with Crippen molar-refractivity contribution in [2.24, 2.45) is 0 Å². The first-order valence-corrected chi connectivity index (χ1v) is 12.3. The van der Waals surface area contributed by atoms with Crippen molar-refractivity contribution in [2.45, 2.75) is 89.9 Å². The van der Waals surface area contributed by atoms with E-state index in [1.807, 2.05) is 6.92 Å². The van der Waals surface area contributed by atoms with E-state index < -0.39 is 16.2 Å². The van der Waals surface area contributed by atoms with Crippen LogP contribution in [0.15, 0.2) is 0 Å². The molecule has 8 nitrogen and oxygen atoms in total. The summed E-state index contributed by atoms with van der Waals surface area (Å²) in [5, 5.41) is 0. The molecule has 174 valence electrons. The molecule has 2 unspecified atom stereocenters. The topological polar surface area (TPSA) is 101 Å². The van der Waals surface area contributed by atoms with Crippen molar-refractivity contribution >= 4 is 10.4 Å². The van der Waals surface area contributed by atoms with E-state index in [0.717, 1.165) is 12.8 Å². The van der Waals surface area contributed by atoms with Gasteiger partial charge in [0.1, 0.15) is 6.10 Å². The quantitative estimate of drug-likeness (QED) is 0.238. The van der Waals surface area contributed by atoms with Crippen LogP contribution < -0.4 is 0 Å². The van der Waals surface area contributed by atoms with Gasteiger partial charge in [-0.05, 0) is 13.3 Å². The summed E-state index contributed by atoms with van der Waals surface area (Å²) in [6.45, 7) is 5.69. The van der Waals surface area contributed by atoms with Crippen molar-refractivity contribution in [3.05, 3.63) is 0 Å². The van der Waals surface area contributed by atoms with Gasteiger partial charge in [0.05, 0.1) is 39.6 Å². The Hall–Kier alpha value is -0.290. The monoisotopic (exact) mass is 440 g/mol. The van der Waals surface area contributed by atoms with Crippen LogP contribution in [0.2, 0.25) is 0 Å². The molecule has 0 radical (unpaired) electrons. The fourth-order valence-electron chi connectivity index (χ4n) is 3.29. The fraction of sp³-hybridized carbons (Fsp3) is 1.00. The summed E-state index contributed by atoms with van der Waals surface area (Å²) in [6.07, 6.45) is 12.5. The summed E-state index contributed by atoms with van der Waals surface area (Å²) in [6, 6.07) is 0. The van der Waals surface area contributed by atoms with E-state index >= 15 is 0 Å². The first kappa shape index (κ1) is 26.7. The molecule has 0 aromatic heterocycles. The lowest BCUT2D eigenvalue weighted by Crippen LogP contribution is -2.28. The Bertz CT molecular complexity index is 499. The van der Waals surface area contributed by atoms with E-state index in [-0.39, 0.29) is 19.3 Å². The van der Waals surface area contributed by atoms with Crippen LogP contribution in [-0.2, 0) is 33.5 Å². The Morgan fingerprint density at radius 3 is 2.17 bits per heavy atom. The molecule has 1 rings (SSSR count). The minimum absolute atomic E-state index is 0.0585. The summed E-state index contributed by atoms with van der Waals surface area (Å²) in [7, 11) is -4.40. The zero-order valence-electron chi connectivity index (χ0n) is 18.1. The molecule has 1 aliphatic rings. The Kier molecular flexibility index (Phi) is 14.3. The number of ether oxygens (including phenoxy) is 4. The lowest BCUT2D eigenvalue weighted by Gasteiger charge is -2.23. The smallest absolute Gasteiger partial charge is 0.377 e. The minimum atomic E-state index is -4.40. The minimum Gasteiger partial charge on any atom is -0.377 e. The van der Waals surface area contributed by atoms with Gasteiger partial charge in [0.25, 0.3) is 0 Å². The molecule has 29 heavy (non-hydrogen) atoms. The van der Waals surface area contributed by atoms with Crippen molar-refractivity contribution in [3.63, 3.8) is 0 Å². The molecule has 1 heterocycles. The molecule has 0 saturated carbocycles.